The number of nitrogens with zero attached hydrogens (tertiary/aromatic N) is 6. The fourth-order valence-corrected chi connectivity index (χ4v) is 4.96. The third-order valence-corrected chi connectivity index (χ3v) is 6.69. The predicted molar refractivity (Wildman–Crippen MR) is 122 cm³/mol. The Labute approximate surface area is 205 Å². The molecule has 0 aliphatic heterocycles. The molecule has 0 spiro atoms. The van der Waals surface area contributed by atoms with E-state index in [-0.39, 0.29) is 24.9 Å². The summed E-state index contributed by atoms with van der Waals surface area (Å²) in [6.07, 6.45) is -0.511. The van der Waals surface area contributed by atoms with E-state index in [1.807, 2.05) is 16.7 Å². The minimum Gasteiger partial charge on any atom is -0.465 e. The molecule has 1 aliphatic carbocycles. The second kappa shape index (κ2) is 9.79. The van der Waals surface area contributed by atoms with Crippen molar-refractivity contribution < 1.29 is 27.6 Å². The highest BCUT2D eigenvalue weighted by atomic mass is 19.4. The number of benzene rings is 1. The molecule has 1 aliphatic rings. The molecule has 1 aromatic carbocycles. The molecule has 2 unspecified atom stereocenters. The summed E-state index contributed by atoms with van der Waals surface area (Å²) >= 11 is 0. The smallest absolute Gasteiger partial charge is 0.455 e. The van der Waals surface area contributed by atoms with Crippen LogP contribution in [0.1, 0.15) is 56.8 Å². The summed E-state index contributed by atoms with van der Waals surface area (Å²) in [7, 11) is 0. The molecule has 12 heteroatoms. The van der Waals surface area contributed by atoms with E-state index in [1.54, 1.807) is 26.2 Å². The van der Waals surface area contributed by atoms with Crippen molar-refractivity contribution in [1.82, 2.24) is 24.6 Å². The van der Waals surface area contributed by atoms with Crippen LogP contribution in [0.4, 0.5) is 18.0 Å². The average molecular weight is 505 g/mol. The predicted octanol–water partition coefficient (Wildman–Crippen LogP) is 5.07. The second-order valence-corrected chi connectivity index (χ2v) is 10.1. The number of hydrogen-bond acceptors (Lipinski definition) is 6. The van der Waals surface area contributed by atoms with E-state index in [4.69, 9.17) is 4.52 Å². The summed E-state index contributed by atoms with van der Waals surface area (Å²) in [5.41, 5.74) is 1.17. The van der Waals surface area contributed by atoms with Crippen molar-refractivity contribution in [2.45, 2.75) is 57.7 Å². The zero-order valence-electron chi connectivity index (χ0n) is 20.0. The highest BCUT2D eigenvalue weighted by Crippen LogP contribution is 2.34. The van der Waals surface area contributed by atoms with Gasteiger partial charge in [-0.1, -0.05) is 11.6 Å². The fraction of sp³-hybridized carbons (Fsp3) is 0.542. The van der Waals surface area contributed by atoms with Crippen LogP contribution in [-0.2, 0) is 18.1 Å². The molecule has 36 heavy (non-hydrogen) atoms. The van der Waals surface area contributed by atoms with Gasteiger partial charge in [-0.15, -0.1) is 0 Å². The van der Waals surface area contributed by atoms with Gasteiger partial charge in [0.25, 0.3) is 5.82 Å². The van der Waals surface area contributed by atoms with E-state index in [9.17, 15) is 28.3 Å². The van der Waals surface area contributed by atoms with Gasteiger partial charge in [-0.05, 0) is 63.1 Å². The van der Waals surface area contributed by atoms with E-state index in [0.717, 1.165) is 36.7 Å². The third-order valence-electron chi connectivity index (χ3n) is 6.69. The zero-order chi connectivity index (χ0) is 26.1. The number of aromatic nitrogens is 4. The largest absolute Gasteiger partial charge is 0.465 e. The van der Waals surface area contributed by atoms with Gasteiger partial charge in [0.15, 0.2) is 0 Å². The molecule has 0 saturated heterocycles. The summed E-state index contributed by atoms with van der Waals surface area (Å²) in [5, 5.41) is 22.0. The Morgan fingerprint density at radius 1 is 1.31 bits per heavy atom. The fourth-order valence-electron chi connectivity index (χ4n) is 4.96. The van der Waals surface area contributed by atoms with Crippen LogP contribution in [0.3, 0.4) is 0 Å². The summed E-state index contributed by atoms with van der Waals surface area (Å²) < 4.78 is 45.5. The molecule has 192 valence electrons. The van der Waals surface area contributed by atoms with Gasteiger partial charge in [-0.2, -0.15) is 23.4 Å². The summed E-state index contributed by atoms with van der Waals surface area (Å²) in [6, 6.07) is 7.52. The van der Waals surface area contributed by atoms with Crippen molar-refractivity contribution in [3.63, 3.8) is 0 Å². The summed E-state index contributed by atoms with van der Waals surface area (Å²) in [6.45, 7) is 4.06. The number of alkyl halides is 3. The van der Waals surface area contributed by atoms with Gasteiger partial charge < -0.3 is 19.1 Å². The van der Waals surface area contributed by atoms with Gasteiger partial charge >= 0.3 is 12.3 Å². The first-order chi connectivity index (χ1) is 17.0. The average Bonchev–Trinajstić information content (AvgIpc) is 3.47. The number of fused-ring (bicyclic) bond motifs is 1. The lowest BCUT2D eigenvalue weighted by Gasteiger charge is -2.35. The lowest BCUT2D eigenvalue weighted by molar-refractivity contribution is -0.146. The minimum atomic E-state index is -4.74. The van der Waals surface area contributed by atoms with Gasteiger partial charge in [-0.3, -0.25) is 0 Å². The molecule has 1 fully saturated rings. The van der Waals surface area contributed by atoms with Crippen molar-refractivity contribution in [3.8, 4) is 6.07 Å². The van der Waals surface area contributed by atoms with Crippen molar-refractivity contribution in [1.29, 1.82) is 5.26 Å². The maximum Gasteiger partial charge on any atom is 0.455 e. The third kappa shape index (κ3) is 5.61. The monoisotopic (exact) mass is 504 g/mol. The number of hydrogen-bond donors (Lipinski definition) is 1. The standard InChI is InChI=1S/C24H27F3N6O3/c1-23(2,21-30-20(31-36-21)24(25,26)27)13-32(22(34)35)11-16-4-3-5-17(8-16)12-33-14-29-18-7-6-15(10-28)9-19(18)33/h6-7,9,14,16-17H,3-5,8,11-13H2,1-2H3,(H,34,35). The molecule has 9 nitrogen and oxygen atoms in total. The van der Waals surface area contributed by atoms with Crippen molar-refractivity contribution in [3.05, 3.63) is 41.8 Å². The molecule has 4 rings (SSSR count). The van der Waals surface area contributed by atoms with Gasteiger partial charge in [0, 0.05) is 19.6 Å². The Morgan fingerprint density at radius 3 is 2.72 bits per heavy atom. The SMILES string of the molecule is CC(C)(CN(CC1CCCC(Cn2cnc3ccc(C#N)cc32)C1)C(=O)O)c1nc(C(F)(F)F)no1. The number of amides is 1. The van der Waals surface area contributed by atoms with Crippen LogP contribution < -0.4 is 0 Å². The Morgan fingerprint density at radius 2 is 2.06 bits per heavy atom. The Hall–Kier alpha value is -3.62. The van der Waals surface area contributed by atoms with Crippen LogP contribution in [0.25, 0.3) is 11.0 Å². The molecule has 1 N–H and O–H groups in total. The maximum absolute atomic E-state index is 12.9. The molecule has 2 aromatic heterocycles. The molecule has 1 saturated carbocycles. The topological polar surface area (TPSA) is 121 Å². The first-order valence-corrected chi connectivity index (χ1v) is 11.7. The molecular formula is C24H27F3N6O3. The molecule has 0 radical (unpaired) electrons. The van der Waals surface area contributed by atoms with Gasteiger partial charge in [0.2, 0.25) is 5.89 Å². The van der Waals surface area contributed by atoms with E-state index in [1.165, 1.54) is 4.90 Å². The minimum absolute atomic E-state index is 0.0773. The second-order valence-electron chi connectivity index (χ2n) is 10.1. The number of nitriles is 1. The van der Waals surface area contributed by atoms with Crippen molar-refractivity contribution in [2.24, 2.45) is 11.8 Å². The van der Waals surface area contributed by atoms with E-state index in [0.29, 0.717) is 18.0 Å². The quantitative estimate of drug-likeness (QED) is 0.477. The number of rotatable bonds is 7. The van der Waals surface area contributed by atoms with Crippen LogP contribution in [-0.4, -0.2) is 48.9 Å². The zero-order valence-corrected chi connectivity index (χ0v) is 20.0. The van der Waals surface area contributed by atoms with E-state index >= 15 is 0 Å². The normalized spacial score (nSPS) is 18.8. The highest BCUT2D eigenvalue weighted by molar-refractivity contribution is 5.76. The van der Waals surface area contributed by atoms with Gasteiger partial charge in [0.1, 0.15) is 0 Å². The molecule has 2 heterocycles. The van der Waals surface area contributed by atoms with Gasteiger partial charge in [-0.25, -0.2) is 9.78 Å². The number of carboxylic acid groups (broad SMARTS) is 1. The molecule has 3 aromatic rings. The highest BCUT2D eigenvalue weighted by Gasteiger charge is 2.40. The summed E-state index contributed by atoms with van der Waals surface area (Å²) in [5.74, 6) is -1.22. The molecule has 0 bridgehead atoms. The number of imidazole rings is 1. The van der Waals surface area contributed by atoms with Crippen LogP contribution in [0.15, 0.2) is 29.0 Å². The lowest BCUT2D eigenvalue weighted by atomic mass is 9.80. The Bertz CT molecular complexity index is 1280. The van der Waals surface area contributed by atoms with E-state index in [2.05, 4.69) is 21.2 Å². The number of halogens is 3. The maximum atomic E-state index is 12.9. The van der Waals surface area contributed by atoms with Crippen LogP contribution in [0.5, 0.6) is 0 Å². The summed E-state index contributed by atoms with van der Waals surface area (Å²) in [4.78, 5) is 21.1. The van der Waals surface area contributed by atoms with Crippen LogP contribution >= 0.6 is 0 Å². The molecule has 1 amide bonds. The van der Waals surface area contributed by atoms with Crippen molar-refractivity contribution in [2.75, 3.05) is 13.1 Å². The first kappa shape index (κ1) is 25.5. The lowest BCUT2D eigenvalue weighted by Crippen LogP contribution is -2.43. The molecule has 2 atom stereocenters. The first-order valence-electron chi connectivity index (χ1n) is 11.7. The van der Waals surface area contributed by atoms with Crippen LogP contribution in [0.2, 0.25) is 0 Å². The Balaban J connectivity index is 1.42. The molecular weight excluding hydrogens is 477 g/mol. The van der Waals surface area contributed by atoms with E-state index < -0.39 is 23.5 Å². The Kier molecular flexibility index (Phi) is 6.93. The van der Waals surface area contributed by atoms with Crippen molar-refractivity contribution >= 4 is 17.1 Å². The van der Waals surface area contributed by atoms with Crippen LogP contribution in [0, 0.1) is 23.2 Å². The number of carbonyl (C=O) groups is 1. The van der Waals surface area contributed by atoms with Gasteiger partial charge in [0.05, 0.1) is 34.4 Å².